The summed E-state index contributed by atoms with van der Waals surface area (Å²) in [6.07, 6.45) is -0.454. The van der Waals surface area contributed by atoms with E-state index in [-0.39, 0.29) is 12.5 Å². The van der Waals surface area contributed by atoms with Crippen molar-refractivity contribution in [1.29, 1.82) is 0 Å². The van der Waals surface area contributed by atoms with E-state index in [2.05, 4.69) is 27.0 Å². The molecule has 2 rings (SSSR count). The normalized spacial score (nSPS) is 11.1. The van der Waals surface area contributed by atoms with Crippen LogP contribution in [0.3, 0.4) is 0 Å². The van der Waals surface area contributed by atoms with E-state index in [1.54, 1.807) is 12.1 Å². The quantitative estimate of drug-likeness (QED) is 0.372. The zero-order chi connectivity index (χ0) is 24.9. The summed E-state index contributed by atoms with van der Waals surface area (Å²) >= 11 is 0. The monoisotopic (exact) mass is 471 g/mol. The summed E-state index contributed by atoms with van der Waals surface area (Å²) in [5.41, 5.74) is 9.74. The molecule has 0 aliphatic heterocycles. The van der Waals surface area contributed by atoms with Crippen LogP contribution in [0.5, 0.6) is 5.75 Å². The van der Waals surface area contributed by atoms with Gasteiger partial charge in [0.05, 0.1) is 7.11 Å². The Morgan fingerprint density at radius 3 is 2.12 bits per heavy atom. The molecule has 0 aliphatic carbocycles. The molecule has 0 saturated heterocycles. The summed E-state index contributed by atoms with van der Waals surface area (Å²) in [6, 6.07) is 13.5. The summed E-state index contributed by atoms with van der Waals surface area (Å²) in [4.78, 5) is 48.6. The molecule has 0 heterocycles. The number of nitrogens with one attached hydrogen (secondary N) is 5. The number of carbonyl (C=O) groups excluding carboxylic acids is 4. The number of hydrazine groups is 2. The van der Waals surface area contributed by atoms with Crippen LogP contribution in [0.25, 0.3) is 0 Å². The van der Waals surface area contributed by atoms with E-state index in [4.69, 9.17) is 9.47 Å². The zero-order valence-electron chi connectivity index (χ0n) is 19.2. The van der Waals surface area contributed by atoms with Crippen LogP contribution in [0.2, 0.25) is 0 Å². The number of methoxy groups -OCH3 is 1. The molecule has 0 aromatic heterocycles. The predicted molar refractivity (Wildman–Crippen MR) is 123 cm³/mol. The van der Waals surface area contributed by atoms with Gasteiger partial charge in [0.25, 0.3) is 11.8 Å². The summed E-state index contributed by atoms with van der Waals surface area (Å²) in [5, 5.41) is 2.50. The number of benzene rings is 2. The number of alkyl carbamates (subject to hydrolysis) is 1. The Bertz CT molecular complexity index is 966. The van der Waals surface area contributed by atoms with E-state index >= 15 is 0 Å². The Balaban J connectivity index is 1.79. The van der Waals surface area contributed by atoms with Crippen molar-refractivity contribution in [2.24, 2.45) is 5.92 Å². The van der Waals surface area contributed by atoms with Crippen molar-refractivity contribution in [2.75, 3.05) is 7.11 Å². The lowest BCUT2D eigenvalue weighted by Gasteiger charge is -2.20. The second kappa shape index (κ2) is 13.3. The van der Waals surface area contributed by atoms with Gasteiger partial charge in [0.15, 0.2) is 0 Å². The molecule has 2 aromatic carbocycles. The van der Waals surface area contributed by atoms with Crippen LogP contribution in [0.15, 0.2) is 54.6 Å². The molecule has 11 nitrogen and oxygen atoms in total. The molecule has 0 spiro atoms. The predicted octanol–water partition coefficient (Wildman–Crippen LogP) is 2.01. The Labute approximate surface area is 197 Å². The number of urea groups is 1. The number of amides is 5. The van der Waals surface area contributed by atoms with Gasteiger partial charge in [-0.1, -0.05) is 44.2 Å². The van der Waals surface area contributed by atoms with E-state index in [0.717, 1.165) is 5.56 Å². The van der Waals surface area contributed by atoms with Crippen LogP contribution in [0, 0.1) is 5.92 Å². The lowest BCUT2D eigenvalue weighted by Crippen LogP contribution is -2.56. The lowest BCUT2D eigenvalue weighted by molar-refractivity contribution is -0.124. The van der Waals surface area contributed by atoms with Crippen molar-refractivity contribution in [1.82, 2.24) is 27.0 Å². The molecule has 11 heteroatoms. The number of hydrogen-bond donors (Lipinski definition) is 5. The molecule has 2 aromatic rings. The maximum atomic E-state index is 12.5. The first kappa shape index (κ1) is 26.0. The minimum atomic E-state index is -0.947. The van der Waals surface area contributed by atoms with Gasteiger partial charge in [-0.3, -0.25) is 20.4 Å². The average molecular weight is 472 g/mol. The van der Waals surface area contributed by atoms with E-state index in [1.165, 1.54) is 19.2 Å². The largest absolute Gasteiger partial charge is 0.497 e. The van der Waals surface area contributed by atoms with Gasteiger partial charge in [-0.25, -0.2) is 20.4 Å². The standard InChI is InChI=1S/C23H29N5O6/c1-15(2)13-19(24-23(32)34-14-16-7-5-4-6-8-16)21(30)26-28-22(31)27-25-20(29)17-9-11-18(33-3)12-10-17/h4-12,15,19H,13-14H2,1-3H3,(H,24,32)(H,25,29)(H,26,30)(H2,27,28,31)/t19-/m0/s1. The number of rotatable bonds is 8. The Morgan fingerprint density at radius 1 is 0.853 bits per heavy atom. The third-order valence-electron chi connectivity index (χ3n) is 4.47. The molecule has 182 valence electrons. The van der Waals surface area contributed by atoms with Crippen LogP contribution < -0.4 is 31.8 Å². The van der Waals surface area contributed by atoms with Crippen molar-refractivity contribution in [3.8, 4) is 5.75 Å². The fourth-order valence-corrected chi connectivity index (χ4v) is 2.77. The first-order valence-corrected chi connectivity index (χ1v) is 10.6. The molecule has 5 N–H and O–H groups in total. The summed E-state index contributed by atoms with van der Waals surface area (Å²) < 4.78 is 10.2. The molecule has 0 saturated carbocycles. The van der Waals surface area contributed by atoms with Gasteiger partial charge in [0, 0.05) is 5.56 Å². The Kier molecular flexibility index (Phi) is 10.2. The summed E-state index contributed by atoms with van der Waals surface area (Å²) in [7, 11) is 1.50. The Morgan fingerprint density at radius 2 is 1.50 bits per heavy atom. The SMILES string of the molecule is COc1ccc(C(=O)NNC(=O)NNC(=O)[C@H](CC(C)C)NC(=O)OCc2ccccc2)cc1. The molecule has 5 amide bonds. The van der Waals surface area contributed by atoms with Crippen LogP contribution in [-0.2, 0) is 16.1 Å². The van der Waals surface area contributed by atoms with Crippen molar-refractivity contribution in [3.63, 3.8) is 0 Å². The van der Waals surface area contributed by atoms with Gasteiger partial charge in [-0.2, -0.15) is 0 Å². The van der Waals surface area contributed by atoms with E-state index in [9.17, 15) is 19.2 Å². The van der Waals surface area contributed by atoms with Crippen LogP contribution >= 0.6 is 0 Å². The molecule has 1 atom stereocenters. The van der Waals surface area contributed by atoms with E-state index < -0.39 is 30.0 Å². The molecule has 0 aliphatic rings. The number of hydrogen-bond acceptors (Lipinski definition) is 6. The first-order chi connectivity index (χ1) is 16.3. The summed E-state index contributed by atoms with van der Waals surface area (Å²) in [6.45, 7) is 3.81. The third-order valence-corrected chi connectivity index (χ3v) is 4.47. The molecule has 0 unspecified atom stereocenters. The summed E-state index contributed by atoms with van der Waals surface area (Å²) in [5.74, 6) is -0.562. The molecule has 0 radical (unpaired) electrons. The van der Waals surface area contributed by atoms with Crippen LogP contribution in [0.4, 0.5) is 9.59 Å². The highest BCUT2D eigenvalue weighted by Gasteiger charge is 2.23. The van der Waals surface area contributed by atoms with Gasteiger partial charge in [-0.05, 0) is 42.2 Å². The van der Waals surface area contributed by atoms with Gasteiger partial charge in [0.2, 0.25) is 0 Å². The maximum absolute atomic E-state index is 12.5. The first-order valence-electron chi connectivity index (χ1n) is 10.6. The van der Waals surface area contributed by atoms with Crippen molar-refractivity contribution >= 4 is 23.9 Å². The highest BCUT2D eigenvalue weighted by Crippen LogP contribution is 2.11. The van der Waals surface area contributed by atoms with Gasteiger partial charge < -0.3 is 14.8 Å². The van der Waals surface area contributed by atoms with E-state index in [1.807, 2.05) is 44.2 Å². The van der Waals surface area contributed by atoms with Crippen molar-refractivity contribution in [2.45, 2.75) is 32.9 Å². The number of ether oxygens (including phenoxy) is 2. The van der Waals surface area contributed by atoms with Gasteiger partial charge in [-0.15, -0.1) is 0 Å². The topological polar surface area (TPSA) is 147 Å². The van der Waals surface area contributed by atoms with Crippen molar-refractivity contribution < 1.29 is 28.7 Å². The van der Waals surface area contributed by atoms with Crippen LogP contribution in [0.1, 0.15) is 36.2 Å². The van der Waals surface area contributed by atoms with Gasteiger partial charge >= 0.3 is 12.1 Å². The lowest BCUT2D eigenvalue weighted by atomic mass is 10.0. The minimum absolute atomic E-state index is 0.0528. The maximum Gasteiger partial charge on any atom is 0.408 e. The minimum Gasteiger partial charge on any atom is -0.497 e. The van der Waals surface area contributed by atoms with E-state index in [0.29, 0.717) is 17.7 Å². The van der Waals surface area contributed by atoms with Crippen molar-refractivity contribution in [3.05, 3.63) is 65.7 Å². The fourth-order valence-electron chi connectivity index (χ4n) is 2.77. The smallest absolute Gasteiger partial charge is 0.408 e. The molecule has 0 fully saturated rings. The third kappa shape index (κ3) is 9.07. The highest BCUT2D eigenvalue weighted by atomic mass is 16.5. The fraction of sp³-hybridized carbons (Fsp3) is 0.304. The van der Waals surface area contributed by atoms with Gasteiger partial charge in [0.1, 0.15) is 18.4 Å². The molecule has 34 heavy (non-hydrogen) atoms. The second-order valence-electron chi connectivity index (χ2n) is 7.64. The highest BCUT2D eigenvalue weighted by molar-refractivity contribution is 5.95. The zero-order valence-corrected chi connectivity index (χ0v) is 19.2. The molecular formula is C23H29N5O6. The molecular weight excluding hydrogens is 442 g/mol. The Hall–Kier alpha value is -4.28. The van der Waals surface area contributed by atoms with Crippen LogP contribution in [-0.4, -0.2) is 37.1 Å². The molecule has 0 bridgehead atoms. The second-order valence-corrected chi connectivity index (χ2v) is 7.64. The average Bonchev–Trinajstić information content (AvgIpc) is 2.84. The number of carbonyl (C=O) groups is 4.